The van der Waals surface area contributed by atoms with Crippen molar-refractivity contribution in [3.8, 4) is 5.75 Å². The highest BCUT2D eigenvalue weighted by molar-refractivity contribution is 5.98. The summed E-state index contributed by atoms with van der Waals surface area (Å²) in [5, 5.41) is 2.95. The molecule has 1 fully saturated rings. The van der Waals surface area contributed by atoms with Crippen LogP contribution in [0.4, 0.5) is 0 Å². The van der Waals surface area contributed by atoms with Crippen LogP contribution in [-0.2, 0) is 11.2 Å². The summed E-state index contributed by atoms with van der Waals surface area (Å²) in [5.41, 5.74) is 2.52. The fraction of sp³-hybridized carbons (Fsp3) is 0.296. The molecular weight excluding hydrogens is 428 g/mol. The van der Waals surface area contributed by atoms with Gasteiger partial charge < -0.3 is 15.0 Å². The first-order valence-corrected chi connectivity index (χ1v) is 11.5. The predicted molar refractivity (Wildman–Crippen MR) is 131 cm³/mol. The van der Waals surface area contributed by atoms with Gasteiger partial charge in [0.15, 0.2) is 0 Å². The number of benzene rings is 2. The molecule has 0 radical (unpaired) electrons. The minimum atomic E-state index is -0.737. The number of ether oxygens (including phenoxy) is 1. The van der Waals surface area contributed by atoms with E-state index < -0.39 is 6.04 Å². The van der Waals surface area contributed by atoms with Crippen molar-refractivity contribution < 1.29 is 14.3 Å². The van der Waals surface area contributed by atoms with Gasteiger partial charge in [-0.25, -0.2) is 0 Å². The second kappa shape index (κ2) is 11.4. The first kappa shape index (κ1) is 23.4. The van der Waals surface area contributed by atoms with Crippen molar-refractivity contribution >= 4 is 11.8 Å². The molecule has 1 N–H and O–H groups in total. The highest BCUT2D eigenvalue weighted by Crippen LogP contribution is 2.19. The molecule has 1 atom stereocenters. The molecule has 3 aromatic rings. The van der Waals surface area contributed by atoms with Gasteiger partial charge in [-0.15, -0.1) is 0 Å². The molecule has 2 aromatic carbocycles. The van der Waals surface area contributed by atoms with Gasteiger partial charge >= 0.3 is 0 Å². The van der Waals surface area contributed by atoms with Crippen LogP contribution < -0.4 is 10.1 Å². The van der Waals surface area contributed by atoms with Crippen LogP contribution in [0, 0.1) is 0 Å². The van der Waals surface area contributed by atoms with Crippen molar-refractivity contribution in [1.29, 1.82) is 0 Å². The third-order valence-corrected chi connectivity index (χ3v) is 6.16. The minimum Gasteiger partial charge on any atom is -0.497 e. The van der Waals surface area contributed by atoms with E-state index >= 15 is 0 Å². The average molecular weight is 459 g/mol. The van der Waals surface area contributed by atoms with E-state index in [1.54, 1.807) is 31.4 Å². The highest BCUT2D eigenvalue weighted by atomic mass is 16.5. The van der Waals surface area contributed by atoms with Crippen LogP contribution in [0.1, 0.15) is 27.5 Å². The van der Waals surface area contributed by atoms with Crippen molar-refractivity contribution in [2.24, 2.45) is 0 Å². The van der Waals surface area contributed by atoms with Gasteiger partial charge in [0.1, 0.15) is 11.8 Å². The molecule has 0 bridgehead atoms. The summed E-state index contributed by atoms with van der Waals surface area (Å²) in [6.07, 6.45) is 4.59. The number of hydrogen-bond acceptors (Lipinski definition) is 5. The molecule has 7 nitrogen and oxygen atoms in total. The largest absolute Gasteiger partial charge is 0.497 e. The van der Waals surface area contributed by atoms with E-state index in [0.717, 1.165) is 31.6 Å². The summed E-state index contributed by atoms with van der Waals surface area (Å²) >= 11 is 0. The lowest BCUT2D eigenvalue weighted by Crippen LogP contribution is -2.52. The van der Waals surface area contributed by atoms with Crippen LogP contribution in [0.15, 0.2) is 79.1 Å². The Balaban J connectivity index is 1.39. The van der Waals surface area contributed by atoms with E-state index in [-0.39, 0.29) is 11.8 Å². The molecule has 1 aromatic heterocycles. The number of carbonyl (C=O) groups excluding carboxylic acids is 2. The van der Waals surface area contributed by atoms with Gasteiger partial charge in [0, 0.05) is 50.7 Å². The zero-order valence-electron chi connectivity index (χ0n) is 19.4. The van der Waals surface area contributed by atoms with Crippen LogP contribution in [0.25, 0.3) is 0 Å². The lowest BCUT2D eigenvalue weighted by Gasteiger charge is -2.36. The van der Waals surface area contributed by atoms with Crippen LogP contribution in [0.3, 0.4) is 0 Å². The smallest absolute Gasteiger partial charge is 0.252 e. The fourth-order valence-corrected chi connectivity index (χ4v) is 4.10. The number of aromatic nitrogens is 1. The van der Waals surface area contributed by atoms with Gasteiger partial charge in [-0.05, 0) is 53.9 Å². The van der Waals surface area contributed by atoms with E-state index in [2.05, 4.69) is 15.2 Å². The summed E-state index contributed by atoms with van der Waals surface area (Å²) in [5.74, 6) is 0.303. The fourth-order valence-electron chi connectivity index (χ4n) is 4.10. The Morgan fingerprint density at radius 3 is 2.26 bits per heavy atom. The Labute approximate surface area is 200 Å². The Morgan fingerprint density at radius 1 is 0.941 bits per heavy atom. The van der Waals surface area contributed by atoms with Gasteiger partial charge in [-0.2, -0.15) is 0 Å². The van der Waals surface area contributed by atoms with E-state index in [1.165, 1.54) is 5.56 Å². The topological polar surface area (TPSA) is 74.8 Å². The van der Waals surface area contributed by atoms with Crippen molar-refractivity contribution in [2.75, 3.05) is 39.8 Å². The number of piperazine rings is 1. The third-order valence-electron chi connectivity index (χ3n) is 6.16. The van der Waals surface area contributed by atoms with E-state index in [0.29, 0.717) is 24.4 Å². The number of nitrogens with zero attached hydrogens (tertiary/aromatic N) is 3. The molecule has 0 saturated carbocycles. The first-order chi connectivity index (χ1) is 16.6. The number of pyridine rings is 1. The molecule has 0 unspecified atom stereocenters. The monoisotopic (exact) mass is 458 g/mol. The summed E-state index contributed by atoms with van der Waals surface area (Å²) in [6, 6.07) is 19.6. The SMILES string of the molecule is COc1ccc(C(=O)N[C@@H](C(=O)N2CCN(CCc3ccncc3)CC2)c2ccccc2)cc1. The molecule has 1 saturated heterocycles. The molecular formula is C27H30N4O3. The standard InChI is InChI=1S/C27H30N4O3/c1-34-24-9-7-23(8-10-24)26(32)29-25(22-5-3-2-4-6-22)27(33)31-19-17-30(18-20-31)16-13-21-11-14-28-15-12-21/h2-12,14-15,25H,13,16-20H2,1H3,(H,29,32)/t25-/m1/s1. The minimum absolute atomic E-state index is 0.0816. The maximum atomic E-state index is 13.5. The van der Waals surface area contributed by atoms with Gasteiger partial charge in [0.25, 0.3) is 5.91 Å². The molecule has 1 aliphatic heterocycles. The van der Waals surface area contributed by atoms with Crippen LogP contribution >= 0.6 is 0 Å². The van der Waals surface area contributed by atoms with Crippen LogP contribution in [-0.4, -0.2) is 66.4 Å². The lowest BCUT2D eigenvalue weighted by molar-refractivity contribution is -0.135. The zero-order valence-corrected chi connectivity index (χ0v) is 19.4. The van der Waals surface area contributed by atoms with E-state index in [4.69, 9.17) is 4.74 Å². The highest BCUT2D eigenvalue weighted by Gasteiger charge is 2.30. The summed E-state index contributed by atoms with van der Waals surface area (Å²) in [6.45, 7) is 3.84. The number of amides is 2. The molecule has 2 amide bonds. The van der Waals surface area contributed by atoms with Crippen LogP contribution in [0.5, 0.6) is 5.75 Å². The Hall–Kier alpha value is -3.71. The first-order valence-electron chi connectivity index (χ1n) is 11.5. The van der Waals surface area contributed by atoms with E-state index in [9.17, 15) is 9.59 Å². The van der Waals surface area contributed by atoms with Crippen molar-refractivity contribution in [1.82, 2.24) is 20.1 Å². The Bertz CT molecular complexity index is 1070. The molecule has 7 heteroatoms. The molecule has 34 heavy (non-hydrogen) atoms. The number of hydrogen-bond donors (Lipinski definition) is 1. The molecule has 1 aliphatic rings. The number of rotatable bonds is 8. The summed E-state index contributed by atoms with van der Waals surface area (Å²) in [4.78, 5) is 34.8. The maximum Gasteiger partial charge on any atom is 0.252 e. The van der Waals surface area contributed by atoms with Gasteiger partial charge in [0.2, 0.25) is 5.91 Å². The maximum absolute atomic E-state index is 13.5. The summed E-state index contributed by atoms with van der Waals surface area (Å²) < 4.78 is 5.17. The van der Waals surface area contributed by atoms with Crippen molar-refractivity contribution in [2.45, 2.75) is 12.5 Å². The average Bonchev–Trinajstić information content (AvgIpc) is 2.91. The molecule has 0 aliphatic carbocycles. The quantitative estimate of drug-likeness (QED) is 0.562. The normalized spacial score (nSPS) is 14.9. The summed E-state index contributed by atoms with van der Waals surface area (Å²) in [7, 11) is 1.58. The molecule has 2 heterocycles. The van der Waals surface area contributed by atoms with Gasteiger partial charge in [0.05, 0.1) is 7.11 Å². The van der Waals surface area contributed by atoms with E-state index in [1.807, 2.05) is 59.8 Å². The Kier molecular flexibility index (Phi) is 7.88. The lowest BCUT2D eigenvalue weighted by atomic mass is 10.0. The second-order valence-electron chi connectivity index (χ2n) is 8.32. The van der Waals surface area contributed by atoms with Gasteiger partial charge in [-0.3, -0.25) is 19.5 Å². The van der Waals surface area contributed by atoms with Crippen molar-refractivity contribution in [3.05, 3.63) is 95.8 Å². The number of carbonyl (C=O) groups is 2. The predicted octanol–water partition coefficient (Wildman–Crippen LogP) is 2.95. The number of nitrogens with one attached hydrogen (secondary N) is 1. The van der Waals surface area contributed by atoms with Crippen LogP contribution in [0.2, 0.25) is 0 Å². The van der Waals surface area contributed by atoms with Crippen molar-refractivity contribution in [3.63, 3.8) is 0 Å². The molecule has 4 rings (SSSR count). The van der Waals surface area contributed by atoms with Gasteiger partial charge in [-0.1, -0.05) is 30.3 Å². The zero-order chi connectivity index (χ0) is 23.8. The number of methoxy groups -OCH3 is 1. The third kappa shape index (κ3) is 5.99. The molecule has 176 valence electrons. The second-order valence-corrected chi connectivity index (χ2v) is 8.32. The Morgan fingerprint density at radius 2 is 1.62 bits per heavy atom. The molecule has 0 spiro atoms.